The van der Waals surface area contributed by atoms with E-state index in [1.807, 2.05) is 0 Å². The summed E-state index contributed by atoms with van der Waals surface area (Å²) in [5.41, 5.74) is 5.09. The van der Waals surface area contributed by atoms with Crippen LogP contribution in [0.1, 0.15) is 18.4 Å². The van der Waals surface area contributed by atoms with Gasteiger partial charge in [-0.15, -0.1) is 10.2 Å². The Morgan fingerprint density at radius 1 is 1.33 bits per heavy atom. The molecule has 0 radical (unpaired) electrons. The van der Waals surface area contributed by atoms with Crippen LogP contribution >= 0.6 is 11.6 Å². The number of amides is 1. The molecule has 3 N–H and O–H groups in total. The van der Waals surface area contributed by atoms with Gasteiger partial charge in [-0.3, -0.25) is 10.1 Å². The highest BCUT2D eigenvalue weighted by molar-refractivity contribution is 6.30. The van der Waals surface area contributed by atoms with Crippen molar-refractivity contribution in [3.05, 3.63) is 59.1 Å². The summed E-state index contributed by atoms with van der Waals surface area (Å²) < 4.78 is 10.7. The highest BCUT2D eigenvalue weighted by Crippen LogP contribution is 2.24. The number of rotatable bonds is 6. The number of furan rings is 1. The van der Waals surface area contributed by atoms with Crippen molar-refractivity contribution in [2.75, 3.05) is 0 Å². The molecule has 0 saturated heterocycles. The number of nitrogens with zero attached hydrogens (tertiary/aromatic N) is 2. The van der Waals surface area contributed by atoms with Crippen LogP contribution in [0.3, 0.4) is 0 Å². The largest absolute Gasteiger partial charge is 0.459 e. The van der Waals surface area contributed by atoms with Crippen molar-refractivity contribution in [3.8, 4) is 11.7 Å². The van der Waals surface area contributed by atoms with Crippen LogP contribution in [-0.4, -0.2) is 16.1 Å². The van der Waals surface area contributed by atoms with Crippen LogP contribution in [0.15, 0.2) is 51.5 Å². The van der Waals surface area contributed by atoms with Gasteiger partial charge < -0.3 is 14.6 Å². The molecule has 1 aromatic carbocycles. The summed E-state index contributed by atoms with van der Waals surface area (Å²) in [7, 11) is 0. The Labute approximate surface area is 142 Å². The molecular weight excluding hydrogens is 332 g/mol. The Balaban J connectivity index is 1.79. The monoisotopic (exact) mass is 346 g/mol. The number of benzene rings is 1. The first-order chi connectivity index (χ1) is 11.5. The van der Waals surface area contributed by atoms with Gasteiger partial charge in [-0.25, -0.2) is 0 Å². The molecule has 3 aromatic rings. The predicted octanol–water partition coefficient (Wildman–Crippen LogP) is 2.47. The number of carbonyl (C=O) groups is 1. The maximum Gasteiger partial charge on any atom is 0.283 e. The lowest BCUT2D eigenvalue weighted by atomic mass is 9.91. The molecule has 1 amide bonds. The number of hydrogen-bond acceptors (Lipinski definition) is 6. The van der Waals surface area contributed by atoms with E-state index in [0.717, 1.165) is 0 Å². The lowest BCUT2D eigenvalue weighted by Gasteiger charge is -2.27. The van der Waals surface area contributed by atoms with Crippen LogP contribution in [0.4, 0.5) is 0 Å². The van der Waals surface area contributed by atoms with Crippen LogP contribution in [0, 0.1) is 0 Å². The number of carbonyl (C=O) groups excluding carboxylic acids is 1. The van der Waals surface area contributed by atoms with Gasteiger partial charge >= 0.3 is 0 Å². The standard InChI is InChI=1S/C16H15ClN4O3/c1-16(15(18)22,10-4-2-5-11(17)8-10)19-9-13-20-21-14(24-13)12-6-3-7-23-12/h2-8,19H,9H2,1H3,(H2,18,22)/t16-/m1/s1. The molecule has 0 spiro atoms. The molecule has 1 atom stereocenters. The maximum absolute atomic E-state index is 12.0. The van der Waals surface area contributed by atoms with Crippen LogP contribution in [-0.2, 0) is 16.9 Å². The minimum absolute atomic E-state index is 0.152. The summed E-state index contributed by atoms with van der Waals surface area (Å²) >= 11 is 6.00. The van der Waals surface area contributed by atoms with E-state index in [1.54, 1.807) is 43.3 Å². The van der Waals surface area contributed by atoms with Crippen molar-refractivity contribution in [2.45, 2.75) is 19.0 Å². The minimum atomic E-state index is -1.13. The first kappa shape index (κ1) is 16.2. The number of halogens is 1. The molecule has 3 rings (SSSR count). The predicted molar refractivity (Wildman–Crippen MR) is 86.8 cm³/mol. The fraction of sp³-hybridized carbons (Fsp3) is 0.188. The minimum Gasteiger partial charge on any atom is -0.459 e. The fourth-order valence-corrected chi connectivity index (χ4v) is 2.40. The third kappa shape index (κ3) is 3.17. The van der Waals surface area contributed by atoms with Gasteiger partial charge in [0.15, 0.2) is 5.76 Å². The number of primary amides is 1. The summed E-state index contributed by atoms with van der Waals surface area (Å²) in [4.78, 5) is 12.0. The van der Waals surface area contributed by atoms with E-state index in [-0.39, 0.29) is 12.4 Å². The lowest BCUT2D eigenvalue weighted by molar-refractivity contribution is -0.124. The Kier molecular flexibility index (Phi) is 4.37. The molecule has 0 fully saturated rings. The summed E-state index contributed by atoms with van der Waals surface area (Å²) in [6.45, 7) is 1.82. The van der Waals surface area contributed by atoms with E-state index in [9.17, 15) is 4.79 Å². The van der Waals surface area contributed by atoms with Crippen molar-refractivity contribution in [3.63, 3.8) is 0 Å². The quantitative estimate of drug-likeness (QED) is 0.710. The molecule has 0 saturated carbocycles. The Hall–Kier alpha value is -2.64. The molecule has 2 aromatic heterocycles. The smallest absolute Gasteiger partial charge is 0.283 e. The zero-order valence-corrected chi connectivity index (χ0v) is 13.6. The zero-order chi connectivity index (χ0) is 17.2. The first-order valence-electron chi connectivity index (χ1n) is 7.16. The normalized spacial score (nSPS) is 13.6. The molecule has 8 heteroatoms. The molecule has 124 valence electrons. The van der Waals surface area contributed by atoms with Crippen molar-refractivity contribution in [1.29, 1.82) is 0 Å². The second kappa shape index (κ2) is 6.46. The highest BCUT2D eigenvalue weighted by atomic mass is 35.5. The summed E-state index contributed by atoms with van der Waals surface area (Å²) in [6.07, 6.45) is 1.51. The van der Waals surface area contributed by atoms with Crippen LogP contribution in [0.5, 0.6) is 0 Å². The zero-order valence-electron chi connectivity index (χ0n) is 12.8. The molecule has 7 nitrogen and oxygen atoms in total. The van der Waals surface area contributed by atoms with Gasteiger partial charge in [-0.1, -0.05) is 23.7 Å². The molecule has 0 aliphatic carbocycles. The molecule has 24 heavy (non-hydrogen) atoms. The number of aromatic nitrogens is 2. The maximum atomic E-state index is 12.0. The summed E-state index contributed by atoms with van der Waals surface area (Å²) in [6, 6.07) is 10.4. The Bertz CT molecular complexity index is 847. The van der Waals surface area contributed by atoms with Gasteiger partial charge in [-0.05, 0) is 36.8 Å². The average molecular weight is 347 g/mol. The second-order valence-corrected chi connectivity index (χ2v) is 5.77. The third-order valence-corrected chi connectivity index (χ3v) is 3.92. The molecule has 2 heterocycles. The molecular formula is C16H15ClN4O3. The Morgan fingerprint density at radius 2 is 2.17 bits per heavy atom. The van der Waals surface area contributed by atoms with Crippen LogP contribution in [0.25, 0.3) is 11.7 Å². The second-order valence-electron chi connectivity index (χ2n) is 5.33. The van der Waals surface area contributed by atoms with Gasteiger partial charge in [0.1, 0.15) is 5.54 Å². The molecule has 0 bridgehead atoms. The van der Waals surface area contributed by atoms with E-state index >= 15 is 0 Å². The first-order valence-corrected chi connectivity index (χ1v) is 7.54. The topological polar surface area (TPSA) is 107 Å². The molecule has 0 aliphatic rings. The van der Waals surface area contributed by atoms with Crippen LogP contribution < -0.4 is 11.1 Å². The van der Waals surface area contributed by atoms with Gasteiger partial charge in [0.05, 0.1) is 12.8 Å². The van der Waals surface area contributed by atoms with Gasteiger partial charge in [0.25, 0.3) is 5.89 Å². The van der Waals surface area contributed by atoms with Crippen molar-refractivity contribution < 1.29 is 13.6 Å². The van der Waals surface area contributed by atoms with Crippen molar-refractivity contribution in [2.24, 2.45) is 5.73 Å². The van der Waals surface area contributed by atoms with Gasteiger partial charge in [0.2, 0.25) is 11.8 Å². The van der Waals surface area contributed by atoms with Gasteiger partial charge in [-0.2, -0.15) is 0 Å². The average Bonchev–Trinajstić information content (AvgIpc) is 3.23. The summed E-state index contributed by atoms with van der Waals surface area (Å²) in [5, 5.41) is 11.4. The SMILES string of the molecule is C[C@](NCc1nnc(-c2ccco2)o1)(C(N)=O)c1cccc(Cl)c1. The van der Waals surface area contributed by atoms with Gasteiger partial charge in [0, 0.05) is 5.02 Å². The van der Waals surface area contributed by atoms with Crippen molar-refractivity contribution in [1.82, 2.24) is 15.5 Å². The van der Waals surface area contributed by atoms with E-state index in [4.69, 9.17) is 26.2 Å². The van der Waals surface area contributed by atoms with E-state index < -0.39 is 11.4 Å². The lowest BCUT2D eigenvalue weighted by Crippen LogP contribution is -2.50. The fourth-order valence-electron chi connectivity index (χ4n) is 2.21. The number of nitrogens with two attached hydrogens (primary N) is 1. The molecule has 0 aliphatic heterocycles. The molecule has 0 unspecified atom stereocenters. The number of nitrogens with one attached hydrogen (secondary N) is 1. The third-order valence-electron chi connectivity index (χ3n) is 3.69. The van der Waals surface area contributed by atoms with Crippen LogP contribution in [0.2, 0.25) is 5.02 Å². The number of hydrogen-bond donors (Lipinski definition) is 2. The Morgan fingerprint density at radius 3 is 2.83 bits per heavy atom. The summed E-state index contributed by atoms with van der Waals surface area (Å²) in [5.74, 6) is 0.494. The highest BCUT2D eigenvalue weighted by Gasteiger charge is 2.33. The van der Waals surface area contributed by atoms with E-state index in [0.29, 0.717) is 22.2 Å². The van der Waals surface area contributed by atoms with E-state index in [2.05, 4.69) is 15.5 Å². The van der Waals surface area contributed by atoms with Crippen molar-refractivity contribution >= 4 is 17.5 Å². The van der Waals surface area contributed by atoms with E-state index in [1.165, 1.54) is 6.26 Å².